The van der Waals surface area contributed by atoms with Gasteiger partial charge in [0.15, 0.2) is 0 Å². The van der Waals surface area contributed by atoms with Crippen molar-refractivity contribution >= 4 is 5.97 Å². The summed E-state index contributed by atoms with van der Waals surface area (Å²) in [5, 5.41) is 19.0. The molecule has 0 aromatic heterocycles. The number of benzene rings is 1. The summed E-state index contributed by atoms with van der Waals surface area (Å²) in [6.07, 6.45) is -0.693. The number of allylic oxidation sites excluding steroid dienone is 2. The van der Waals surface area contributed by atoms with Crippen molar-refractivity contribution in [3.63, 3.8) is 0 Å². The monoisotopic (exact) mass is 373 g/mol. The van der Waals surface area contributed by atoms with Crippen molar-refractivity contribution in [2.75, 3.05) is 0 Å². The Hall–Kier alpha value is -1.86. The van der Waals surface area contributed by atoms with Crippen molar-refractivity contribution in [3.8, 4) is 0 Å². The molecule has 0 heterocycles. The second-order valence-corrected chi connectivity index (χ2v) is 6.86. The van der Waals surface area contributed by atoms with Crippen molar-refractivity contribution in [3.05, 3.63) is 47.5 Å². The number of carbonyl (C=O) groups is 1. The van der Waals surface area contributed by atoms with Gasteiger partial charge in [-0.3, -0.25) is 4.79 Å². The molecule has 0 bridgehead atoms. The first-order chi connectivity index (χ1) is 11.9. The van der Waals surface area contributed by atoms with Crippen LogP contribution in [0.25, 0.3) is 0 Å². The van der Waals surface area contributed by atoms with Crippen LogP contribution >= 0.6 is 0 Å². The van der Waals surface area contributed by atoms with Crippen molar-refractivity contribution < 1.29 is 28.2 Å². The summed E-state index contributed by atoms with van der Waals surface area (Å²) < 4.78 is 36.9. The molecule has 1 rings (SSSR count). The molecule has 1 aromatic rings. The second-order valence-electron chi connectivity index (χ2n) is 6.86. The normalized spacial score (nSPS) is 17.0. The highest BCUT2D eigenvalue weighted by Crippen LogP contribution is 2.22. The fraction of sp³-hybridized carbons (Fsp3) is 0.526. The molecule has 0 fully saturated rings. The largest absolute Gasteiger partial charge is 0.480 e. The predicted molar refractivity (Wildman–Crippen MR) is 93.7 cm³/mol. The van der Waals surface area contributed by atoms with E-state index in [2.05, 4.69) is 0 Å². The molecule has 0 aliphatic rings. The minimum Gasteiger partial charge on any atom is -0.480 e. The first-order valence-electron chi connectivity index (χ1n) is 8.43. The Kier molecular flexibility index (Phi) is 7.84. The van der Waals surface area contributed by atoms with Crippen LogP contribution in [0.1, 0.15) is 37.8 Å². The van der Waals surface area contributed by atoms with E-state index >= 15 is 0 Å². The van der Waals surface area contributed by atoms with Crippen molar-refractivity contribution in [1.29, 1.82) is 0 Å². The third kappa shape index (κ3) is 7.17. The molecule has 3 atom stereocenters. The van der Waals surface area contributed by atoms with Gasteiger partial charge in [0, 0.05) is 0 Å². The summed E-state index contributed by atoms with van der Waals surface area (Å²) in [6, 6.07) is 6.35. The summed E-state index contributed by atoms with van der Waals surface area (Å²) in [4.78, 5) is 11.0. The molecule has 0 radical (unpaired) electrons. The first-order valence-corrected chi connectivity index (χ1v) is 8.43. The number of hydrogen-bond donors (Lipinski definition) is 3. The Bertz CT molecular complexity index is 609. The van der Waals surface area contributed by atoms with E-state index in [4.69, 9.17) is 10.8 Å². The Labute approximate surface area is 151 Å². The van der Waals surface area contributed by atoms with E-state index in [1.807, 2.05) is 12.2 Å². The summed E-state index contributed by atoms with van der Waals surface area (Å²) in [5.74, 6) is -1.58. The number of aryl methyl sites for hydroxylation is 1. The van der Waals surface area contributed by atoms with Crippen molar-refractivity contribution in [2.24, 2.45) is 11.7 Å². The topological polar surface area (TPSA) is 83.5 Å². The van der Waals surface area contributed by atoms with E-state index in [1.54, 1.807) is 19.1 Å². The van der Waals surface area contributed by atoms with Crippen molar-refractivity contribution in [2.45, 2.75) is 57.3 Å². The average Bonchev–Trinajstić information content (AvgIpc) is 2.53. The van der Waals surface area contributed by atoms with Crippen LogP contribution in [0.15, 0.2) is 36.4 Å². The average molecular weight is 373 g/mol. The maximum Gasteiger partial charge on any atom is 0.393 e. The summed E-state index contributed by atoms with van der Waals surface area (Å²) >= 11 is 0. The summed E-state index contributed by atoms with van der Waals surface area (Å²) in [5.41, 5.74) is 5.09. The van der Waals surface area contributed by atoms with Crippen LogP contribution in [0.4, 0.5) is 13.2 Å². The Morgan fingerprint density at radius 2 is 1.73 bits per heavy atom. The first kappa shape index (κ1) is 22.2. The molecule has 0 aliphatic heterocycles. The molecule has 0 saturated carbocycles. The number of carboxylic acid groups (broad SMARTS) is 1. The van der Waals surface area contributed by atoms with Gasteiger partial charge in [-0.15, -0.1) is 0 Å². The highest BCUT2D eigenvalue weighted by atomic mass is 19.4. The van der Waals surface area contributed by atoms with E-state index in [1.165, 1.54) is 19.1 Å². The number of aliphatic carboxylic acids is 1. The molecule has 0 amide bonds. The third-order valence-electron chi connectivity index (χ3n) is 4.32. The van der Waals surface area contributed by atoms with Gasteiger partial charge >= 0.3 is 12.1 Å². The molecule has 0 saturated heterocycles. The zero-order valence-electron chi connectivity index (χ0n) is 15.0. The minimum absolute atomic E-state index is 0.239. The van der Waals surface area contributed by atoms with Gasteiger partial charge in [-0.05, 0) is 43.2 Å². The fourth-order valence-corrected chi connectivity index (χ4v) is 2.58. The highest BCUT2D eigenvalue weighted by molar-refractivity contribution is 5.78. The number of alkyl halides is 3. The van der Waals surface area contributed by atoms with Crippen molar-refractivity contribution in [1.82, 2.24) is 0 Å². The van der Waals surface area contributed by atoms with Gasteiger partial charge < -0.3 is 15.9 Å². The number of carboxylic acids is 1. The van der Waals surface area contributed by atoms with Gasteiger partial charge in [-0.2, -0.15) is 13.2 Å². The van der Waals surface area contributed by atoms with Crippen LogP contribution in [0.3, 0.4) is 0 Å². The lowest BCUT2D eigenvalue weighted by atomic mass is 9.85. The van der Waals surface area contributed by atoms with Gasteiger partial charge in [0.2, 0.25) is 0 Å². The smallest absolute Gasteiger partial charge is 0.393 e. The summed E-state index contributed by atoms with van der Waals surface area (Å²) in [6.45, 7) is 3.01. The Morgan fingerprint density at radius 3 is 2.23 bits per heavy atom. The molecule has 3 unspecified atom stereocenters. The van der Waals surface area contributed by atoms with Crippen LogP contribution in [0.5, 0.6) is 0 Å². The van der Waals surface area contributed by atoms with E-state index in [0.717, 1.165) is 5.56 Å². The zero-order chi connectivity index (χ0) is 20.0. The third-order valence-corrected chi connectivity index (χ3v) is 4.32. The molecule has 7 heteroatoms. The van der Waals surface area contributed by atoms with Gasteiger partial charge in [-0.25, -0.2) is 0 Å². The summed E-state index contributed by atoms with van der Waals surface area (Å²) in [7, 11) is 0. The molecule has 0 spiro atoms. The molecule has 146 valence electrons. The number of aliphatic hydroxyl groups is 1. The number of hydrogen-bond acceptors (Lipinski definition) is 3. The van der Waals surface area contributed by atoms with Crippen LogP contribution in [0.2, 0.25) is 0 Å². The Balaban J connectivity index is 2.42. The highest BCUT2D eigenvalue weighted by Gasteiger charge is 2.39. The molecule has 4 N–H and O–H groups in total. The lowest BCUT2D eigenvalue weighted by Crippen LogP contribution is -2.57. The van der Waals surface area contributed by atoms with Gasteiger partial charge in [0.25, 0.3) is 0 Å². The predicted octanol–water partition coefficient (Wildman–Crippen LogP) is 3.47. The van der Waals surface area contributed by atoms with Gasteiger partial charge in [0.1, 0.15) is 5.54 Å². The van der Waals surface area contributed by atoms with Gasteiger partial charge in [0.05, 0.1) is 12.5 Å². The number of rotatable bonds is 9. The molecule has 26 heavy (non-hydrogen) atoms. The molecular formula is C19H26F3NO3. The van der Waals surface area contributed by atoms with E-state index in [0.29, 0.717) is 19.3 Å². The Morgan fingerprint density at radius 1 is 1.19 bits per heavy atom. The molecular weight excluding hydrogens is 347 g/mol. The van der Waals surface area contributed by atoms with E-state index in [9.17, 15) is 23.1 Å². The standard InChI is InChI=1S/C19H26F3NO3/c1-13(16(24)18(2,23)17(25)26)6-4-3-5-7-14-8-10-15(11-9-14)12-19(20,21)22/h3-4,8-11,13,16,24H,5-7,12,23H2,1-2H3,(H,25,26)/b4-3+. The van der Waals surface area contributed by atoms with Crippen LogP contribution in [0, 0.1) is 5.92 Å². The maximum absolute atomic E-state index is 12.3. The number of aliphatic hydroxyl groups excluding tert-OH is 1. The lowest BCUT2D eigenvalue weighted by Gasteiger charge is -2.29. The molecule has 4 nitrogen and oxygen atoms in total. The maximum atomic E-state index is 12.3. The SMILES string of the molecule is CC(C/C=C/CCc1ccc(CC(F)(F)F)cc1)C(O)C(C)(N)C(=O)O. The number of halogens is 3. The minimum atomic E-state index is -4.20. The van der Waals surface area contributed by atoms with Gasteiger partial charge in [-0.1, -0.05) is 43.3 Å². The van der Waals surface area contributed by atoms with E-state index in [-0.39, 0.29) is 11.5 Å². The lowest BCUT2D eigenvalue weighted by molar-refractivity contribution is -0.148. The fourth-order valence-electron chi connectivity index (χ4n) is 2.58. The molecule has 1 aromatic carbocycles. The van der Waals surface area contributed by atoms with Crippen LogP contribution in [-0.2, 0) is 17.6 Å². The quantitative estimate of drug-likeness (QED) is 0.579. The zero-order valence-corrected chi connectivity index (χ0v) is 15.0. The number of nitrogens with two attached hydrogens (primary N) is 1. The van der Waals surface area contributed by atoms with Crippen LogP contribution in [-0.4, -0.2) is 34.0 Å². The van der Waals surface area contributed by atoms with E-state index < -0.39 is 30.2 Å². The second kappa shape index (κ2) is 9.19. The van der Waals surface area contributed by atoms with Crippen LogP contribution < -0.4 is 5.73 Å². The molecule has 0 aliphatic carbocycles.